The van der Waals surface area contributed by atoms with Crippen molar-refractivity contribution in [1.29, 1.82) is 0 Å². The number of hydrogen-bond donors (Lipinski definition) is 0. The Bertz CT molecular complexity index is 821. The van der Waals surface area contributed by atoms with Gasteiger partial charge in [-0.2, -0.15) is 4.31 Å². The van der Waals surface area contributed by atoms with Gasteiger partial charge in [-0.25, -0.2) is 8.42 Å². The first-order valence-electron chi connectivity index (χ1n) is 8.00. The van der Waals surface area contributed by atoms with E-state index in [0.717, 1.165) is 16.9 Å². The van der Waals surface area contributed by atoms with Crippen molar-refractivity contribution in [3.05, 3.63) is 41.2 Å². The smallest absolute Gasteiger partial charge is 0.257 e. The molecule has 0 spiro atoms. The van der Waals surface area contributed by atoms with E-state index in [1.54, 1.807) is 29.6 Å². The Morgan fingerprint density at radius 1 is 1.25 bits per heavy atom. The van der Waals surface area contributed by atoms with Gasteiger partial charge in [0.2, 0.25) is 10.0 Å². The summed E-state index contributed by atoms with van der Waals surface area (Å²) in [7, 11) is -1.88. The molecule has 0 atom stereocenters. The molecule has 130 valence electrons. The first-order valence-corrected chi connectivity index (χ1v) is 9.44. The molecule has 3 rings (SSSR count). The second-order valence-electron chi connectivity index (χ2n) is 6.18. The van der Waals surface area contributed by atoms with E-state index in [0.29, 0.717) is 36.7 Å². The van der Waals surface area contributed by atoms with Crippen molar-refractivity contribution in [2.24, 2.45) is 0 Å². The average Bonchev–Trinajstić information content (AvgIpc) is 2.95. The van der Waals surface area contributed by atoms with Crippen molar-refractivity contribution in [3.63, 3.8) is 0 Å². The van der Waals surface area contributed by atoms with E-state index in [4.69, 9.17) is 9.26 Å². The molecule has 0 radical (unpaired) electrons. The number of piperidine rings is 1. The summed E-state index contributed by atoms with van der Waals surface area (Å²) < 4.78 is 37.7. The Morgan fingerprint density at radius 3 is 2.54 bits per heavy atom. The molecule has 0 unspecified atom stereocenters. The fraction of sp³-hybridized carbons (Fsp3) is 0.471. The van der Waals surface area contributed by atoms with Crippen LogP contribution in [0.1, 0.15) is 35.6 Å². The summed E-state index contributed by atoms with van der Waals surface area (Å²) >= 11 is 0. The van der Waals surface area contributed by atoms with Crippen LogP contribution < -0.4 is 4.74 Å². The second kappa shape index (κ2) is 6.57. The minimum Gasteiger partial charge on any atom is -0.479 e. The fourth-order valence-electron chi connectivity index (χ4n) is 3.19. The molecule has 1 aliphatic heterocycles. The molecule has 7 heteroatoms. The number of rotatable bonds is 4. The van der Waals surface area contributed by atoms with Crippen molar-refractivity contribution in [2.45, 2.75) is 37.5 Å². The number of aryl methyl sites for hydroxylation is 1. The normalized spacial score (nSPS) is 17.1. The Labute approximate surface area is 142 Å². The van der Waals surface area contributed by atoms with Crippen LogP contribution in [0.3, 0.4) is 0 Å². The highest BCUT2D eigenvalue weighted by atomic mass is 32.2. The lowest BCUT2D eigenvalue weighted by molar-refractivity contribution is 0.268. The third-order valence-electron chi connectivity index (χ3n) is 4.56. The van der Waals surface area contributed by atoms with E-state index in [9.17, 15) is 8.42 Å². The molecule has 1 saturated heterocycles. The third-order valence-corrected chi connectivity index (χ3v) is 6.46. The van der Waals surface area contributed by atoms with Gasteiger partial charge in [0.05, 0.1) is 17.6 Å². The number of sulfonamides is 1. The van der Waals surface area contributed by atoms with Crippen molar-refractivity contribution in [1.82, 2.24) is 9.46 Å². The zero-order chi connectivity index (χ0) is 17.3. The van der Waals surface area contributed by atoms with E-state index >= 15 is 0 Å². The van der Waals surface area contributed by atoms with Gasteiger partial charge in [-0.3, -0.25) is 0 Å². The van der Waals surface area contributed by atoms with Crippen LogP contribution in [0, 0.1) is 13.8 Å². The highest BCUT2D eigenvalue weighted by Gasteiger charge is 2.32. The van der Waals surface area contributed by atoms with Gasteiger partial charge < -0.3 is 9.26 Å². The Hall–Kier alpha value is -1.86. The van der Waals surface area contributed by atoms with Crippen molar-refractivity contribution < 1.29 is 17.7 Å². The highest BCUT2D eigenvalue weighted by Crippen LogP contribution is 2.35. The molecule has 6 nitrogen and oxygen atoms in total. The quantitative estimate of drug-likeness (QED) is 0.848. The van der Waals surface area contributed by atoms with E-state index in [2.05, 4.69) is 5.16 Å². The summed E-state index contributed by atoms with van der Waals surface area (Å²) in [6.45, 7) is 4.76. The average molecular weight is 350 g/mol. The monoisotopic (exact) mass is 350 g/mol. The molecule has 2 aromatic rings. The molecule has 2 heterocycles. The topological polar surface area (TPSA) is 72.6 Å². The van der Waals surface area contributed by atoms with Crippen molar-refractivity contribution >= 4 is 10.0 Å². The standard InChI is InChI=1S/C17H22N2O4S/c1-12-5-4-6-15(11-12)24(20,21)19-9-7-14(8-10-19)16-13(2)17(22-3)18-23-16/h4-6,11,14H,7-10H2,1-3H3. The molecule has 0 amide bonds. The summed E-state index contributed by atoms with van der Waals surface area (Å²) in [5.74, 6) is 1.48. The lowest BCUT2D eigenvalue weighted by atomic mass is 9.93. The Balaban J connectivity index is 1.74. The van der Waals surface area contributed by atoms with Crippen LogP contribution in [-0.4, -0.2) is 38.1 Å². The lowest BCUT2D eigenvalue weighted by Gasteiger charge is -2.30. The zero-order valence-electron chi connectivity index (χ0n) is 14.2. The summed E-state index contributed by atoms with van der Waals surface area (Å²) in [4.78, 5) is 0.360. The van der Waals surface area contributed by atoms with Gasteiger partial charge in [0.25, 0.3) is 5.88 Å². The van der Waals surface area contributed by atoms with E-state index in [-0.39, 0.29) is 5.92 Å². The SMILES string of the molecule is COc1noc(C2CCN(S(=O)(=O)c3cccc(C)c3)CC2)c1C. The van der Waals surface area contributed by atoms with Crippen LogP contribution in [0.4, 0.5) is 0 Å². The molecular formula is C17H22N2O4S. The predicted molar refractivity (Wildman–Crippen MR) is 89.7 cm³/mol. The largest absolute Gasteiger partial charge is 0.479 e. The number of hydrogen-bond acceptors (Lipinski definition) is 5. The lowest BCUT2D eigenvalue weighted by Crippen LogP contribution is -2.37. The van der Waals surface area contributed by atoms with E-state index in [1.165, 1.54) is 0 Å². The van der Waals surface area contributed by atoms with Gasteiger partial charge in [-0.15, -0.1) is 0 Å². The zero-order valence-corrected chi connectivity index (χ0v) is 15.0. The van der Waals surface area contributed by atoms with Crippen LogP contribution in [0.5, 0.6) is 5.88 Å². The molecule has 1 aromatic heterocycles. The number of ether oxygens (including phenoxy) is 1. The van der Waals surface area contributed by atoms with Crippen LogP contribution in [0.15, 0.2) is 33.7 Å². The van der Waals surface area contributed by atoms with Crippen molar-refractivity contribution in [3.8, 4) is 5.88 Å². The van der Waals surface area contributed by atoms with Gasteiger partial charge in [0, 0.05) is 19.0 Å². The van der Waals surface area contributed by atoms with Gasteiger partial charge in [-0.05, 0) is 49.5 Å². The minimum atomic E-state index is -3.44. The summed E-state index contributed by atoms with van der Waals surface area (Å²) in [6, 6.07) is 7.04. The van der Waals surface area contributed by atoms with Crippen LogP contribution in [0.2, 0.25) is 0 Å². The summed E-state index contributed by atoms with van der Waals surface area (Å²) in [5, 5.41) is 3.91. The minimum absolute atomic E-state index is 0.172. The summed E-state index contributed by atoms with van der Waals surface area (Å²) in [5.41, 5.74) is 1.84. The molecule has 1 aliphatic rings. The van der Waals surface area contributed by atoms with Crippen LogP contribution >= 0.6 is 0 Å². The fourth-order valence-corrected chi connectivity index (χ4v) is 4.76. The molecule has 1 aromatic carbocycles. The van der Waals surface area contributed by atoms with Crippen LogP contribution in [-0.2, 0) is 10.0 Å². The number of methoxy groups -OCH3 is 1. The van der Waals surface area contributed by atoms with E-state index in [1.807, 2.05) is 19.9 Å². The van der Waals surface area contributed by atoms with Gasteiger partial charge in [0.1, 0.15) is 5.76 Å². The van der Waals surface area contributed by atoms with Gasteiger partial charge in [-0.1, -0.05) is 12.1 Å². The second-order valence-corrected chi connectivity index (χ2v) is 8.11. The molecule has 0 bridgehead atoms. The first-order chi connectivity index (χ1) is 11.4. The van der Waals surface area contributed by atoms with Crippen LogP contribution in [0.25, 0.3) is 0 Å². The maximum atomic E-state index is 12.8. The van der Waals surface area contributed by atoms with Gasteiger partial charge >= 0.3 is 0 Å². The molecule has 0 N–H and O–H groups in total. The van der Waals surface area contributed by atoms with Crippen molar-refractivity contribution in [2.75, 3.05) is 20.2 Å². The number of benzene rings is 1. The number of aromatic nitrogens is 1. The molecule has 24 heavy (non-hydrogen) atoms. The third kappa shape index (κ3) is 3.06. The molecule has 0 aliphatic carbocycles. The first kappa shape index (κ1) is 17.0. The molecular weight excluding hydrogens is 328 g/mol. The highest BCUT2D eigenvalue weighted by molar-refractivity contribution is 7.89. The van der Waals surface area contributed by atoms with E-state index < -0.39 is 10.0 Å². The number of nitrogens with zero attached hydrogens (tertiary/aromatic N) is 2. The maximum Gasteiger partial charge on any atom is 0.257 e. The Kier molecular flexibility index (Phi) is 4.64. The predicted octanol–water partition coefficient (Wildman–Crippen LogP) is 2.87. The summed E-state index contributed by atoms with van der Waals surface area (Å²) in [6.07, 6.45) is 1.43. The Morgan fingerprint density at radius 2 is 1.96 bits per heavy atom. The molecule has 0 saturated carbocycles. The van der Waals surface area contributed by atoms with Gasteiger partial charge in [0.15, 0.2) is 0 Å². The molecule has 1 fully saturated rings. The maximum absolute atomic E-state index is 12.8.